The van der Waals surface area contributed by atoms with Gasteiger partial charge in [-0.25, -0.2) is 9.59 Å². The summed E-state index contributed by atoms with van der Waals surface area (Å²) in [4.78, 5) is 34.0. The van der Waals surface area contributed by atoms with Crippen molar-refractivity contribution in [2.75, 3.05) is 32.8 Å². The van der Waals surface area contributed by atoms with Gasteiger partial charge in [-0.15, -0.1) is 0 Å². The molecule has 0 aliphatic carbocycles. The number of ether oxygens (including phenoxy) is 2. The van der Waals surface area contributed by atoms with Crippen LogP contribution in [0.15, 0.2) is 30.4 Å². The third-order valence-electron chi connectivity index (χ3n) is 5.15. The Kier molecular flexibility index (Phi) is 6.71. The average Bonchev–Trinajstić information content (AvgIpc) is 2.73. The minimum absolute atomic E-state index is 0.00859. The van der Waals surface area contributed by atoms with Gasteiger partial charge >= 0.3 is 11.9 Å². The Hall–Kier alpha value is -3.07. The van der Waals surface area contributed by atoms with Crippen LogP contribution in [0.25, 0.3) is 0 Å². The molecule has 0 spiro atoms. The summed E-state index contributed by atoms with van der Waals surface area (Å²) in [6.07, 6.45) is 3.52. The Morgan fingerprint density at radius 2 is 1.62 bits per heavy atom. The number of hydrogen-bond donors (Lipinski definition) is 3. The van der Waals surface area contributed by atoms with Gasteiger partial charge in [-0.05, 0) is 50.0 Å². The van der Waals surface area contributed by atoms with Gasteiger partial charge < -0.3 is 29.9 Å². The van der Waals surface area contributed by atoms with Gasteiger partial charge in [-0.3, -0.25) is 4.79 Å². The molecule has 0 saturated carbocycles. The summed E-state index contributed by atoms with van der Waals surface area (Å²) < 4.78 is 11.0. The molecule has 156 valence electrons. The summed E-state index contributed by atoms with van der Waals surface area (Å²) in [5, 5.41) is 18.8. The van der Waals surface area contributed by atoms with Crippen molar-refractivity contribution in [3.63, 3.8) is 0 Å². The Labute approximate surface area is 167 Å². The number of benzene rings is 1. The second-order valence-corrected chi connectivity index (χ2v) is 7.09. The molecule has 5 rings (SSSR count). The summed E-state index contributed by atoms with van der Waals surface area (Å²) >= 11 is 0. The van der Waals surface area contributed by atoms with E-state index in [1.807, 2.05) is 12.1 Å². The number of carbonyl (C=O) groups excluding carboxylic acids is 1. The van der Waals surface area contributed by atoms with Gasteiger partial charge in [-0.1, -0.05) is 0 Å². The van der Waals surface area contributed by atoms with Crippen LogP contribution in [0.1, 0.15) is 23.2 Å². The van der Waals surface area contributed by atoms with E-state index in [9.17, 15) is 14.4 Å². The first kappa shape index (κ1) is 20.7. The van der Waals surface area contributed by atoms with Crippen molar-refractivity contribution < 1.29 is 34.1 Å². The maximum Gasteiger partial charge on any atom is 0.328 e. The van der Waals surface area contributed by atoms with Gasteiger partial charge in [0.1, 0.15) is 13.2 Å². The monoisotopic (exact) mass is 404 g/mol. The van der Waals surface area contributed by atoms with Crippen molar-refractivity contribution in [2.45, 2.75) is 18.9 Å². The largest absolute Gasteiger partial charge is 0.486 e. The second kappa shape index (κ2) is 9.42. The Bertz CT molecular complexity index is 784. The van der Waals surface area contributed by atoms with Gasteiger partial charge in [0.05, 0.1) is 0 Å². The minimum Gasteiger partial charge on any atom is -0.486 e. The molecule has 0 unspecified atom stereocenters. The summed E-state index contributed by atoms with van der Waals surface area (Å²) in [6.45, 7) is 4.46. The average molecular weight is 404 g/mol. The van der Waals surface area contributed by atoms with Crippen LogP contribution < -0.4 is 14.8 Å². The molecule has 1 aromatic carbocycles. The van der Waals surface area contributed by atoms with E-state index in [0.29, 0.717) is 42.6 Å². The van der Waals surface area contributed by atoms with Gasteiger partial charge in [0.25, 0.3) is 5.91 Å². The number of carbonyl (C=O) groups is 3. The number of fused-ring (bicyclic) bond motifs is 4. The summed E-state index contributed by atoms with van der Waals surface area (Å²) in [7, 11) is 0. The molecular formula is C20H24N2O7. The molecule has 4 heterocycles. The number of rotatable bonds is 4. The molecule has 1 aromatic rings. The zero-order valence-electron chi connectivity index (χ0n) is 15.9. The highest BCUT2D eigenvalue weighted by molar-refractivity contribution is 5.95. The lowest BCUT2D eigenvalue weighted by atomic mass is 9.84. The van der Waals surface area contributed by atoms with Crippen molar-refractivity contribution in [1.82, 2.24) is 10.2 Å². The molecule has 2 bridgehead atoms. The van der Waals surface area contributed by atoms with Crippen molar-refractivity contribution in [2.24, 2.45) is 5.92 Å². The highest BCUT2D eigenvalue weighted by Gasteiger charge is 2.35. The lowest BCUT2D eigenvalue weighted by Gasteiger charge is -2.44. The van der Waals surface area contributed by atoms with Gasteiger partial charge in [0.2, 0.25) is 0 Å². The molecule has 4 aliphatic heterocycles. The van der Waals surface area contributed by atoms with Crippen LogP contribution in [-0.2, 0) is 9.59 Å². The van der Waals surface area contributed by atoms with Gasteiger partial charge in [0.15, 0.2) is 11.5 Å². The van der Waals surface area contributed by atoms with E-state index >= 15 is 0 Å². The number of hydrogen-bond acceptors (Lipinski definition) is 6. The Morgan fingerprint density at radius 3 is 2.17 bits per heavy atom. The number of amides is 1. The fraction of sp³-hybridized carbons (Fsp3) is 0.450. The van der Waals surface area contributed by atoms with Crippen molar-refractivity contribution >= 4 is 17.8 Å². The number of nitrogens with one attached hydrogen (secondary N) is 1. The van der Waals surface area contributed by atoms with E-state index in [1.165, 1.54) is 25.9 Å². The van der Waals surface area contributed by atoms with Crippen molar-refractivity contribution in [3.8, 4) is 11.5 Å². The molecule has 29 heavy (non-hydrogen) atoms. The normalized spacial score (nSPS) is 24.3. The van der Waals surface area contributed by atoms with Crippen LogP contribution in [0.5, 0.6) is 11.5 Å². The SMILES string of the molecule is O=C(N[C@H]1CN2CCC1CC2)c1ccc2c(c1)OCCO2.O=C(O)C=CC(=O)O. The lowest BCUT2D eigenvalue weighted by molar-refractivity contribution is -0.134. The van der Waals surface area contributed by atoms with Crippen LogP contribution >= 0.6 is 0 Å². The highest BCUT2D eigenvalue weighted by Crippen LogP contribution is 2.31. The van der Waals surface area contributed by atoms with Crippen LogP contribution in [-0.4, -0.2) is 71.8 Å². The van der Waals surface area contributed by atoms with Crippen LogP contribution in [0, 0.1) is 5.92 Å². The smallest absolute Gasteiger partial charge is 0.328 e. The second-order valence-electron chi connectivity index (χ2n) is 7.09. The van der Waals surface area contributed by atoms with E-state index < -0.39 is 11.9 Å². The summed E-state index contributed by atoms with van der Waals surface area (Å²) in [6, 6.07) is 5.70. The van der Waals surface area contributed by atoms with E-state index in [4.69, 9.17) is 19.7 Å². The first-order valence-electron chi connectivity index (χ1n) is 9.49. The third-order valence-corrected chi connectivity index (χ3v) is 5.15. The predicted molar refractivity (Wildman–Crippen MR) is 102 cm³/mol. The highest BCUT2D eigenvalue weighted by atomic mass is 16.6. The molecule has 1 amide bonds. The fourth-order valence-electron chi connectivity index (χ4n) is 3.71. The summed E-state index contributed by atoms with van der Waals surface area (Å²) in [5.74, 6) is -0.495. The summed E-state index contributed by atoms with van der Waals surface area (Å²) in [5.41, 5.74) is 0.649. The Balaban J connectivity index is 0.000000258. The number of carboxylic acid groups (broad SMARTS) is 2. The van der Waals surface area contributed by atoms with Crippen molar-refractivity contribution in [1.29, 1.82) is 0 Å². The number of nitrogens with zero attached hydrogens (tertiary/aromatic N) is 1. The lowest BCUT2D eigenvalue weighted by Crippen LogP contribution is -2.57. The predicted octanol–water partition coefficient (Wildman–Crippen LogP) is 0.994. The standard InChI is InChI=1S/C16H20N2O3.C4H4O4/c19-16(17-13-10-18-5-3-11(13)4-6-18)12-1-2-14-15(9-12)21-8-7-20-14;5-3(6)1-2-4(7)8/h1-2,9,11,13H,3-8,10H2,(H,17,19);1-2H,(H,5,6)(H,7,8)/t13-;/m0./s1. The first-order valence-corrected chi connectivity index (χ1v) is 9.49. The zero-order chi connectivity index (χ0) is 20.8. The molecule has 9 nitrogen and oxygen atoms in total. The van der Waals surface area contributed by atoms with Crippen molar-refractivity contribution in [3.05, 3.63) is 35.9 Å². The number of piperidine rings is 3. The molecular weight excluding hydrogens is 380 g/mol. The zero-order valence-corrected chi connectivity index (χ0v) is 15.9. The van der Waals surface area contributed by atoms with E-state index in [1.54, 1.807) is 6.07 Å². The fourth-order valence-corrected chi connectivity index (χ4v) is 3.71. The molecule has 3 N–H and O–H groups in total. The molecule has 3 fully saturated rings. The molecule has 1 atom stereocenters. The van der Waals surface area contributed by atoms with Gasteiger partial charge in [0, 0.05) is 30.3 Å². The maximum absolute atomic E-state index is 12.4. The van der Waals surface area contributed by atoms with E-state index in [2.05, 4.69) is 10.2 Å². The maximum atomic E-state index is 12.4. The molecule has 3 saturated heterocycles. The van der Waals surface area contributed by atoms with Crippen LogP contribution in [0.3, 0.4) is 0 Å². The Morgan fingerprint density at radius 1 is 1.00 bits per heavy atom. The van der Waals surface area contributed by atoms with E-state index in [0.717, 1.165) is 12.3 Å². The first-order chi connectivity index (χ1) is 13.9. The van der Waals surface area contributed by atoms with E-state index in [-0.39, 0.29) is 11.9 Å². The minimum atomic E-state index is -1.26. The molecule has 0 aromatic heterocycles. The molecule has 0 radical (unpaired) electrons. The topological polar surface area (TPSA) is 125 Å². The number of aliphatic carboxylic acids is 2. The van der Waals surface area contributed by atoms with Crippen LogP contribution in [0.4, 0.5) is 0 Å². The molecule has 4 aliphatic rings. The van der Waals surface area contributed by atoms with Gasteiger partial charge in [-0.2, -0.15) is 0 Å². The third kappa shape index (κ3) is 5.71. The molecule has 9 heteroatoms. The van der Waals surface area contributed by atoms with Crippen LogP contribution in [0.2, 0.25) is 0 Å². The number of carboxylic acids is 2. The quantitative estimate of drug-likeness (QED) is 0.635.